The molecule has 4 nitrogen and oxygen atoms in total. The molecule has 0 unspecified atom stereocenters. The maximum absolute atomic E-state index is 13.3. The lowest BCUT2D eigenvalue weighted by Crippen LogP contribution is -2.42. The zero-order valence-electron chi connectivity index (χ0n) is 21.7. The van der Waals surface area contributed by atoms with Crippen molar-refractivity contribution < 1.29 is 19.0 Å². The van der Waals surface area contributed by atoms with Crippen molar-refractivity contribution >= 4 is 12.0 Å². The van der Waals surface area contributed by atoms with Gasteiger partial charge >= 0.3 is 5.97 Å². The Morgan fingerprint density at radius 1 is 0.919 bits per heavy atom. The van der Waals surface area contributed by atoms with Crippen LogP contribution in [0.25, 0.3) is 6.08 Å². The number of esters is 1. The van der Waals surface area contributed by atoms with Crippen LogP contribution in [-0.2, 0) is 9.53 Å². The molecule has 6 rings (SSSR count). The molecule has 3 aromatic rings. The average Bonchev–Trinajstić information content (AvgIpc) is 3.51. The molecule has 4 atom stereocenters. The molecular weight excluding hydrogens is 460 g/mol. The Bertz CT molecular complexity index is 1270. The number of carbonyl (C=O) groups is 1. The maximum atomic E-state index is 13.3. The van der Waals surface area contributed by atoms with Gasteiger partial charge in [-0.25, -0.2) is 4.79 Å². The largest absolute Gasteiger partial charge is 0.458 e. The summed E-state index contributed by atoms with van der Waals surface area (Å²) in [5.41, 5.74) is 3.41. The molecule has 0 radical (unpaired) electrons. The summed E-state index contributed by atoms with van der Waals surface area (Å²) in [5.74, 6) is 1.95. The number of benzene rings is 3. The highest BCUT2D eigenvalue weighted by atomic mass is 16.7. The minimum atomic E-state index is -0.294. The molecule has 37 heavy (non-hydrogen) atoms. The minimum absolute atomic E-state index is 0.0610. The Balaban J connectivity index is 1.34. The number of rotatable bonds is 6. The molecule has 2 bridgehead atoms. The van der Waals surface area contributed by atoms with Crippen molar-refractivity contribution in [1.82, 2.24) is 0 Å². The van der Waals surface area contributed by atoms with Crippen molar-refractivity contribution in [2.75, 3.05) is 6.79 Å². The zero-order valence-corrected chi connectivity index (χ0v) is 21.7. The lowest BCUT2D eigenvalue weighted by atomic mass is 9.68. The second-order valence-corrected chi connectivity index (χ2v) is 11.5. The Kier molecular flexibility index (Phi) is 5.86. The van der Waals surface area contributed by atoms with Gasteiger partial charge in [-0.05, 0) is 59.1 Å². The van der Waals surface area contributed by atoms with Gasteiger partial charge in [0.1, 0.15) is 6.10 Å². The fourth-order valence-electron chi connectivity index (χ4n) is 7.30. The Hall–Kier alpha value is -3.53. The highest BCUT2D eigenvalue weighted by Gasteiger charge is 2.69. The van der Waals surface area contributed by atoms with Gasteiger partial charge < -0.3 is 14.2 Å². The smallest absolute Gasteiger partial charge is 0.331 e. The summed E-state index contributed by atoms with van der Waals surface area (Å²) in [7, 11) is 0. The van der Waals surface area contributed by atoms with E-state index in [0.29, 0.717) is 11.7 Å². The maximum Gasteiger partial charge on any atom is 0.331 e. The summed E-state index contributed by atoms with van der Waals surface area (Å²) in [6, 6.07) is 27.1. The molecule has 0 saturated heterocycles. The molecule has 190 valence electrons. The van der Waals surface area contributed by atoms with Crippen molar-refractivity contribution in [3.63, 3.8) is 0 Å². The summed E-state index contributed by atoms with van der Waals surface area (Å²) in [6.45, 7) is 7.31. The van der Waals surface area contributed by atoms with Crippen LogP contribution in [0.4, 0.5) is 0 Å². The standard InChI is InChI=1S/C33H34O4/c1-32(2)25-18-19-33(32,3)31(37-28(34)17-15-22-14-16-26-27(20-22)36-21-35-26)30(25)29(23-10-6-4-7-11-23)24-12-8-5-9-13-24/h4-17,20,25,29-31H,18-19,21H2,1-3H3/b17-15+/t25-,30+,31-,33+/m1/s1. The molecule has 4 heteroatoms. The van der Waals surface area contributed by atoms with Gasteiger partial charge in [-0.15, -0.1) is 0 Å². The van der Waals surface area contributed by atoms with Gasteiger partial charge in [0.25, 0.3) is 0 Å². The molecule has 0 N–H and O–H groups in total. The first-order chi connectivity index (χ1) is 17.9. The number of carbonyl (C=O) groups excluding carboxylic acids is 1. The van der Waals surface area contributed by atoms with Crippen LogP contribution in [0.5, 0.6) is 11.5 Å². The second-order valence-electron chi connectivity index (χ2n) is 11.5. The summed E-state index contributed by atoms with van der Waals surface area (Å²) in [4.78, 5) is 13.3. The molecule has 3 aromatic carbocycles. The van der Waals surface area contributed by atoms with Crippen molar-refractivity contribution in [1.29, 1.82) is 0 Å². The summed E-state index contributed by atoms with van der Waals surface area (Å²) in [5, 5.41) is 0. The first-order valence-electron chi connectivity index (χ1n) is 13.3. The quantitative estimate of drug-likeness (QED) is 0.268. The van der Waals surface area contributed by atoms with Gasteiger partial charge in [0, 0.05) is 23.3 Å². The van der Waals surface area contributed by atoms with Crippen molar-refractivity contribution in [2.24, 2.45) is 22.7 Å². The minimum Gasteiger partial charge on any atom is -0.458 e. The van der Waals surface area contributed by atoms with E-state index < -0.39 is 0 Å². The van der Waals surface area contributed by atoms with Gasteiger partial charge in [0.15, 0.2) is 11.5 Å². The third-order valence-electron chi connectivity index (χ3n) is 9.57. The van der Waals surface area contributed by atoms with E-state index in [1.165, 1.54) is 11.1 Å². The Morgan fingerprint density at radius 2 is 1.57 bits per heavy atom. The first kappa shape index (κ1) is 23.8. The highest BCUT2D eigenvalue weighted by Crippen LogP contribution is 2.71. The molecule has 0 spiro atoms. The van der Waals surface area contributed by atoms with Crippen LogP contribution in [0.15, 0.2) is 84.9 Å². The topological polar surface area (TPSA) is 44.8 Å². The summed E-state index contributed by atoms with van der Waals surface area (Å²) >= 11 is 0. The lowest BCUT2D eigenvalue weighted by Gasteiger charge is -2.41. The molecular formula is C33H34O4. The normalized spacial score (nSPS) is 27.2. The van der Waals surface area contributed by atoms with Crippen LogP contribution >= 0.6 is 0 Å². The Morgan fingerprint density at radius 3 is 2.24 bits per heavy atom. The van der Waals surface area contributed by atoms with E-state index in [1.54, 1.807) is 12.2 Å². The van der Waals surface area contributed by atoms with Gasteiger partial charge in [-0.3, -0.25) is 0 Å². The molecule has 1 heterocycles. The predicted molar refractivity (Wildman–Crippen MR) is 144 cm³/mol. The van der Waals surface area contributed by atoms with E-state index in [-0.39, 0.29) is 41.5 Å². The predicted octanol–water partition coefficient (Wildman–Crippen LogP) is 7.24. The monoisotopic (exact) mass is 494 g/mol. The summed E-state index contributed by atoms with van der Waals surface area (Å²) in [6.07, 6.45) is 5.40. The molecule has 2 saturated carbocycles. The van der Waals surface area contributed by atoms with Crippen LogP contribution in [0.3, 0.4) is 0 Å². The number of ether oxygens (including phenoxy) is 3. The van der Waals surface area contributed by atoms with Crippen LogP contribution < -0.4 is 9.47 Å². The fourth-order valence-corrected chi connectivity index (χ4v) is 7.30. The molecule has 3 aliphatic rings. The molecule has 2 fully saturated rings. The van der Waals surface area contributed by atoms with E-state index in [4.69, 9.17) is 14.2 Å². The molecule has 2 aliphatic carbocycles. The Labute approximate surface area is 219 Å². The van der Waals surface area contributed by atoms with E-state index in [0.717, 1.165) is 24.2 Å². The fraction of sp³-hybridized carbons (Fsp3) is 0.364. The molecule has 1 aliphatic heterocycles. The van der Waals surface area contributed by atoms with E-state index in [2.05, 4.69) is 81.4 Å². The van der Waals surface area contributed by atoms with Crippen LogP contribution in [0, 0.1) is 22.7 Å². The summed E-state index contributed by atoms with van der Waals surface area (Å²) < 4.78 is 17.3. The van der Waals surface area contributed by atoms with Crippen molar-refractivity contribution in [3.05, 3.63) is 102 Å². The van der Waals surface area contributed by atoms with Gasteiger partial charge in [-0.1, -0.05) is 87.5 Å². The lowest BCUT2D eigenvalue weighted by molar-refractivity contribution is -0.154. The molecule has 0 amide bonds. The zero-order chi connectivity index (χ0) is 25.6. The van der Waals surface area contributed by atoms with Gasteiger partial charge in [0.2, 0.25) is 6.79 Å². The van der Waals surface area contributed by atoms with Crippen LogP contribution in [0.1, 0.15) is 56.2 Å². The van der Waals surface area contributed by atoms with Gasteiger partial charge in [0.05, 0.1) is 0 Å². The van der Waals surface area contributed by atoms with E-state index in [9.17, 15) is 4.79 Å². The highest BCUT2D eigenvalue weighted by molar-refractivity contribution is 5.87. The number of fused-ring (bicyclic) bond motifs is 3. The average molecular weight is 495 g/mol. The first-order valence-corrected chi connectivity index (χ1v) is 13.3. The van der Waals surface area contributed by atoms with Crippen LogP contribution in [0.2, 0.25) is 0 Å². The van der Waals surface area contributed by atoms with Crippen LogP contribution in [-0.4, -0.2) is 18.9 Å². The number of hydrogen-bond acceptors (Lipinski definition) is 4. The van der Waals surface area contributed by atoms with E-state index in [1.807, 2.05) is 18.2 Å². The molecule has 0 aromatic heterocycles. The third-order valence-corrected chi connectivity index (χ3v) is 9.57. The van der Waals surface area contributed by atoms with Gasteiger partial charge in [-0.2, -0.15) is 0 Å². The van der Waals surface area contributed by atoms with Crippen molar-refractivity contribution in [3.8, 4) is 11.5 Å². The SMILES string of the molecule is CC1(C)[C@@H]2CC[C@@]1(C)[C@H](OC(=O)/C=C/c1ccc3c(c1)OCO3)[C@@H]2C(c1ccccc1)c1ccccc1. The van der Waals surface area contributed by atoms with E-state index >= 15 is 0 Å². The second kappa shape index (κ2) is 9.09. The third kappa shape index (κ3) is 3.94. The van der Waals surface area contributed by atoms with Crippen molar-refractivity contribution in [2.45, 2.75) is 45.6 Å². The number of hydrogen-bond donors (Lipinski definition) is 0.